The van der Waals surface area contributed by atoms with Crippen LogP contribution in [-0.4, -0.2) is 30.0 Å². The Kier molecular flexibility index (Phi) is 6.67. The third kappa shape index (κ3) is 4.36. The molecule has 1 N–H and O–H groups in total. The van der Waals surface area contributed by atoms with E-state index in [4.69, 9.17) is 4.74 Å². The van der Waals surface area contributed by atoms with Crippen molar-refractivity contribution in [3.05, 3.63) is 103 Å². The van der Waals surface area contributed by atoms with Gasteiger partial charge in [-0.2, -0.15) is 0 Å². The van der Waals surface area contributed by atoms with Crippen LogP contribution in [0.15, 0.2) is 97.1 Å². The van der Waals surface area contributed by atoms with Gasteiger partial charge < -0.3 is 9.84 Å². The second kappa shape index (κ2) is 9.62. The van der Waals surface area contributed by atoms with Gasteiger partial charge in [0.25, 0.3) is 0 Å². The summed E-state index contributed by atoms with van der Waals surface area (Å²) in [6, 6.07) is 33.0. The first-order valence-corrected chi connectivity index (χ1v) is 11.8. The Morgan fingerprint density at radius 1 is 0.806 bits per heavy atom. The van der Waals surface area contributed by atoms with Crippen LogP contribution in [0.25, 0.3) is 10.8 Å². The van der Waals surface area contributed by atoms with Crippen molar-refractivity contribution in [2.45, 2.75) is 19.1 Å². The molecule has 0 bridgehead atoms. The molecule has 3 nitrogen and oxygen atoms in total. The van der Waals surface area contributed by atoms with Crippen molar-refractivity contribution in [1.82, 2.24) is 4.67 Å². The zero-order valence-electron chi connectivity index (χ0n) is 18.1. The molecule has 0 aliphatic rings. The van der Waals surface area contributed by atoms with E-state index in [1.165, 1.54) is 10.6 Å². The SMILES string of the molecule is COc1cccc2cccc([P@](c3ccccc3)N(C)[C@H](C)[C@@H](O)c3ccccc3)c12. The second-order valence-corrected chi connectivity index (χ2v) is 9.91. The van der Waals surface area contributed by atoms with Gasteiger partial charge in [-0.25, -0.2) is 0 Å². The fraction of sp³-hybridized carbons (Fsp3) is 0.185. The number of benzene rings is 4. The smallest absolute Gasteiger partial charge is 0.127 e. The molecule has 158 valence electrons. The van der Waals surface area contributed by atoms with Crippen LogP contribution in [0.5, 0.6) is 5.75 Å². The molecule has 0 heterocycles. The van der Waals surface area contributed by atoms with Gasteiger partial charge in [0.2, 0.25) is 0 Å². The topological polar surface area (TPSA) is 32.7 Å². The van der Waals surface area contributed by atoms with Gasteiger partial charge in [0.05, 0.1) is 13.2 Å². The van der Waals surface area contributed by atoms with Gasteiger partial charge in [-0.15, -0.1) is 0 Å². The minimum Gasteiger partial charge on any atom is -0.496 e. The number of nitrogens with zero attached hydrogens (tertiary/aromatic N) is 1. The van der Waals surface area contributed by atoms with E-state index < -0.39 is 14.2 Å². The van der Waals surface area contributed by atoms with Gasteiger partial charge in [0, 0.05) is 24.8 Å². The Labute approximate surface area is 185 Å². The Morgan fingerprint density at radius 2 is 1.42 bits per heavy atom. The average Bonchev–Trinajstić information content (AvgIpc) is 2.84. The summed E-state index contributed by atoms with van der Waals surface area (Å²) in [7, 11) is 2.94. The Balaban J connectivity index is 1.84. The minimum absolute atomic E-state index is 0.0846. The van der Waals surface area contributed by atoms with Gasteiger partial charge in [-0.05, 0) is 36.3 Å². The fourth-order valence-electron chi connectivity index (χ4n) is 4.01. The molecule has 0 spiro atoms. The zero-order valence-corrected chi connectivity index (χ0v) is 19.0. The van der Waals surface area contributed by atoms with Gasteiger partial charge >= 0.3 is 0 Å². The molecule has 31 heavy (non-hydrogen) atoms. The Morgan fingerprint density at radius 3 is 2.06 bits per heavy atom. The van der Waals surface area contributed by atoms with Gasteiger partial charge in [0.15, 0.2) is 0 Å². The van der Waals surface area contributed by atoms with Crippen LogP contribution in [0.2, 0.25) is 0 Å². The average molecular weight is 430 g/mol. The largest absolute Gasteiger partial charge is 0.496 e. The molecule has 4 rings (SSSR count). The van der Waals surface area contributed by atoms with E-state index in [0.717, 1.165) is 22.1 Å². The van der Waals surface area contributed by atoms with Crippen LogP contribution in [0.3, 0.4) is 0 Å². The fourth-order valence-corrected chi connectivity index (χ4v) is 6.62. The van der Waals surface area contributed by atoms with E-state index in [1.807, 2.05) is 48.5 Å². The van der Waals surface area contributed by atoms with Crippen LogP contribution >= 0.6 is 8.07 Å². The number of methoxy groups -OCH3 is 1. The molecule has 4 aromatic rings. The maximum absolute atomic E-state index is 11.2. The van der Waals surface area contributed by atoms with Crippen molar-refractivity contribution in [3.8, 4) is 5.75 Å². The van der Waals surface area contributed by atoms with Crippen LogP contribution in [0.1, 0.15) is 18.6 Å². The van der Waals surface area contributed by atoms with E-state index in [0.29, 0.717) is 0 Å². The van der Waals surface area contributed by atoms with Gasteiger partial charge in [-0.1, -0.05) is 91.0 Å². The summed E-state index contributed by atoms with van der Waals surface area (Å²) in [4.78, 5) is 0. The summed E-state index contributed by atoms with van der Waals surface area (Å²) in [5.41, 5.74) is 0.931. The lowest BCUT2D eigenvalue weighted by Crippen LogP contribution is -2.36. The first-order chi connectivity index (χ1) is 15.1. The lowest BCUT2D eigenvalue weighted by Gasteiger charge is -2.37. The number of hydrogen-bond acceptors (Lipinski definition) is 3. The summed E-state index contributed by atoms with van der Waals surface area (Å²) in [5, 5.41) is 15.9. The van der Waals surface area contributed by atoms with Gasteiger partial charge in [-0.3, -0.25) is 4.67 Å². The van der Waals surface area contributed by atoms with Crippen molar-refractivity contribution >= 4 is 29.5 Å². The maximum atomic E-state index is 11.2. The minimum atomic E-state index is -0.903. The molecule has 4 heteroatoms. The summed E-state index contributed by atoms with van der Waals surface area (Å²) in [5.74, 6) is 0.876. The second-order valence-electron chi connectivity index (χ2n) is 7.65. The highest BCUT2D eigenvalue weighted by molar-refractivity contribution is 7.71. The number of rotatable bonds is 7. The van der Waals surface area contributed by atoms with E-state index in [-0.39, 0.29) is 6.04 Å². The lowest BCUT2D eigenvalue weighted by atomic mass is 10.0. The molecule has 4 aromatic carbocycles. The predicted octanol–water partition coefficient (Wildman–Crippen LogP) is 5.25. The van der Waals surface area contributed by atoms with Crippen LogP contribution in [-0.2, 0) is 0 Å². The third-order valence-electron chi connectivity index (χ3n) is 5.80. The molecule has 0 aliphatic heterocycles. The van der Waals surface area contributed by atoms with Crippen molar-refractivity contribution in [3.63, 3.8) is 0 Å². The van der Waals surface area contributed by atoms with E-state index in [9.17, 15) is 5.11 Å². The zero-order chi connectivity index (χ0) is 21.8. The number of aliphatic hydroxyl groups excluding tert-OH is 1. The predicted molar refractivity (Wildman–Crippen MR) is 132 cm³/mol. The normalized spacial score (nSPS) is 14.4. The number of ether oxygens (including phenoxy) is 1. The molecule has 0 amide bonds. The highest BCUT2D eigenvalue weighted by Gasteiger charge is 2.30. The summed E-state index contributed by atoms with van der Waals surface area (Å²) in [6.07, 6.45) is -0.586. The number of fused-ring (bicyclic) bond motifs is 1. The molecule has 0 fully saturated rings. The monoisotopic (exact) mass is 429 g/mol. The van der Waals surface area contributed by atoms with Crippen LogP contribution < -0.4 is 15.3 Å². The highest BCUT2D eigenvalue weighted by atomic mass is 31.1. The molecule has 0 aliphatic carbocycles. The maximum Gasteiger partial charge on any atom is 0.127 e. The molecule has 0 unspecified atom stereocenters. The molecular formula is C27H28NO2P. The van der Waals surface area contributed by atoms with Crippen molar-refractivity contribution in [1.29, 1.82) is 0 Å². The summed E-state index contributed by atoms with van der Waals surface area (Å²) >= 11 is 0. The Bertz CT molecular complexity index is 1130. The van der Waals surface area contributed by atoms with Crippen molar-refractivity contribution < 1.29 is 9.84 Å². The number of hydrogen-bond donors (Lipinski definition) is 1. The van der Waals surface area contributed by atoms with Crippen LogP contribution in [0.4, 0.5) is 0 Å². The first-order valence-electron chi connectivity index (χ1n) is 10.5. The van der Waals surface area contributed by atoms with E-state index >= 15 is 0 Å². The third-order valence-corrected chi connectivity index (χ3v) is 8.41. The highest BCUT2D eigenvalue weighted by Crippen LogP contribution is 2.44. The molecular weight excluding hydrogens is 401 g/mol. The standard InChI is InChI=1S/C27H28NO2P/c1-20(27(29)22-12-6-4-7-13-22)28(2)31(23-16-8-5-9-17-23)25-19-11-15-21-14-10-18-24(30-3)26(21)25/h4-20,27,29H,1-3H3/t20-,27-,31+/m1/s1. The van der Waals surface area contributed by atoms with E-state index in [1.54, 1.807) is 7.11 Å². The summed E-state index contributed by atoms with van der Waals surface area (Å²) < 4.78 is 8.08. The van der Waals surface area contributed by atoms with Gasteiger partial charge in [0.1, 0.15) is 5.75 Å². The number of aliphatic hydroxyl groups is 1. The first kappa shape index (κ1) is 21.5. The van der Waals surface area contributed by atoms with Crippen LogP contribution in [0, 0.1) is 0 Å². The molecule has 0 saturated carbocycles. The lowest BCUT2D eigenvalue weighted by molar-refractivity contribution is 0.111. The summed E-state index contributed by atoms with van der Waals surface area (Å²) in [6.45, 7) is 2.10. The molecule has 3 atom stereocenters. The molecule has 0 saturated heterocycles. The molecule has 0 radical (unpaired) electrons. The van der Waals surface area contributed by atoms with Crippen molar-refractivity contribution in [2.24, 2.45) is 0 Å². The Hall–Kier alpha value is -2.71. The quantitative estimate of drug-likeness (QED) is 0.407. The number of likely N-dealkylation sites (N-methyl/N-ethyl adjacent to an activating group) is 1. The van der Waals surface area contributed by atoms with E-state index in [2.05, 4.69) is 67.2 Å². The molecule has 0 aromatic heterocycles. The van der Waals surface area contributed by atoms with Crippen molar-refractivity contribution in [2.75, 3.05) is 14.2 Å².